The SMILES string of the molecule is CCc1ccc(C(=O)[C@@H](C)OC(=O)CNC(=O)c2ccccc2OC)cc1. The molecule has 2 aromatic carbocycles. The number of esters is 1. The van der Waals surface area contributed by atoms with E-state index >= 15 is 0 Å². The second-order valence-corrected chi connectivity index (χ2v) is 5.93. The zero-order valence-corrected chi connectivity index (χ0v) is 15.7. The molecule has 6 heteroatoms. The Bertz CT molecular complexity index is 814. The average molecular weight is 369 g/mol. The lowest BCUT2D eigenvalue weighted by Gasteiger charge is -2.13. The lowest BCUT2D eigenvalue weighted by Crippen LogP contribution is -2.34. The molecule has 0 aliphatic rings. The van der Waals surface area contributed by atoms with Crippen LogP contribution >= 0.6 is 0 Å². The molecule has 2 aromatic rings. The molecular formula is C21H23NO5. The van der Waals surface area contributed by atoms with E-state index in [4.69, 9.17) is 9.47 Å². The van der Waals surface area contributed by atoms with Crippen molar-refractivity contribution in [2.75, 3.05) is 13.7 Å². The first-order chi connectivity index (χ1) is 13.0. The van der Waals surface area contributed by atoms with Gasteiger partial charge in [-0.05, 0) is 31.0 Å². The smallest absolute Gasteiger partial charge is 0.326 e. The molecule has 6 nitrogen and oxygen atoms in total. The highest BCUT2D eigenvalue weighted by Crippen LogP contribution is 2.16. The van der Waals surface area contributed by atoms with Gasteiger partial charge in [-0.2, -0.15) is 0 Å². The van der Waals surface area contributed by atoms with Crippen LogP contribution in [0.2, 0.25) is 0 Å². The van der Waals surface area contributed by atoms with Gasteiger partial charge in [-0.25, -0.2) is 0 Å². The molecule has 1 atom stereocenters. The molecule has 142 valence electrons. The fraction of sp³-hybridized carbons (Fsp3) is 0.286. The van der Waals surface area contributed by atoms with Gasteiger partial charge in [0.1, 0.15) is 12.3 Å². The molecule has 0 aliphatic carbocycles. The Morgan fingerprint density at radius 2 is 1.70 bits per heavy atom. The molecule has 0 radical (unpaired) electrons. The molecule has 1 amide bonds. The van der Waals surface area contributed by atoms with Crippen LogP contribution in [0.25, 0.3) is 0 Å². The minimum absolute atomic E-state index is 0.290. The number of nitrogens with one attached hydrogen (secondary N) is 1. The summed E-state index contributed by atoms with van der Waals surface area (Å²) in [5.41, 5.74) is 1.91. The lowest BCUT2D eigenvalue weighted by molar-refractivity contribution is -0.145. The minimum atomic E-state index is -0.937. The molecule has 0 bridgehead atoms. The second kappa shape index (κ2) is 9.52. The number of para-hydroxylation sites is 1. The number of aryl methyl sites for hydroxylation is 1. The summed E-state index contributed by atoms with van der Waals surface area (Å²) in [4.78, 5) is 36.5. The first-order valence-electron chi connectivity index (χ1n) is 8.70. The van der Waals surface area contributed by atoms with Gasteiger partial charge in [0.2, 0.25) is 5.78 Å². The van der Waals surface area contributed by atoms with E-state index in [2.05, 4.69) is 5.32 Å². The van der Waals surface area contributed by atoms with Crippen LogP contribution in [-0.4, -0.2) is 37.4 Å². The summed E-state index contributed by atoms with van der Waals surface area (Å²) in [6.07, 6.45) is -0.0570. The van der Waals surface area contributed by atoms with Crippen LogP contribution in [0.3, 0.4) is 0 Å². The van der Waals surface area contributed by atoms with Crippen molar-refractivity contribution in [2.45, 2.75) is 26.4 Å². The summed E-state index contributed by atoms with van der Waals surface area (Å²) >= 11 is 0. The Hall–Kier alpha value is -3.15. The van der Waals surface area contributed by atoms with Crippen molar-refractivity contribution in [1.82, 2.24) is 5.32 Å². The normalized spacial score (nSPS) is 11.4. The van der Waals surface area contributed by atoms with Gasteiger partial charge in [0.25, 0.3) is 5.91 Å². The fourth-order valence-corrected chi connectivity index (χ4v) is 2.51. The third-order valence-corrected chi connectivity index (χ3v) is 4.07. The van der Waals surface area contributed by atoms with E-state index in [0.29, 0.717) is 16.9 Å². The van der Waals surface area contributed by atoms with Crippen LogP contribution in [0, 0.1) is 0 Å². The fourth-order valence-electron chi connectivity index (χ4n) is 2.51. The predicted molar refractivity (Wildman–Crippen MR) is 101 cm³/mol. The van der Waals surface area contributed by atoms with Crippen molar-refractivity contribution in [2.24, 2.45) is 0 Å². The third-order valence-electron chi connectivity index (χ3n) is 4.07. The van der Waals surface area contributed by atoms with Crippen LogP contribution in [0.4, 0.5) is 0 Å². The van der Waals surface area contributed by atoms with E-state index in [1.54, 1.807) is 36.4 Å². The summed E-state index contributed by atoms with van der Waals surface area (Å²) in [5.74, 6) is -1.03. The van der Waals surface area contributed by atoms with Gasteiger partial charge in [-0.3, -0.25) is 14.4 Å². The van der Waals surface area contributed by atoms with E-state index in [-0.39, 0.29) is 12.3 Å². The Morgan fingerprint density at radius 1 is 1.04 bits per heavy atom. The zero-order valence-electron chi connectivity index (χ0n) is 15.7. The zero-order chi connectivity index (χ0) is 19.8. The first-order valence-corrected chi connectivity index (χ1v) is 8.70. The molecule has 0 saturated carbocycles. The largest absolute Gasteiger partial charge is 0.496 e. The van der Waals surface area contributed by atoms with E-state index in [0.717, 1.165) is 12.0 Å². The van der Waals surface area contributed by atoms with Crippen molar-refractivity contribution in [3.63, 3.8) is 0 Å². The molecular weight excluding hydrogens is 346 g/mol. The summed E-state index contributed by atoms with van der Waals surface area (Å²) in [7, 11) is 1.46. The van der Waals surface area contributed by atoms with Gasteiger partial charge < -0.3 is 14.8 Å². The maximum Gasteiger partial charge on any atom is 0.326 e. The van der Waals surface area contributed by atoms with E-state index in [1.807, 2.05) is 19.1 Å². The van der Waals surface area contributed by atoms with Gasteiger partial charge >= 0.3 is 5.97 Å². The van der Waals surface area contributed by atoms with Crippen molar-refractivity contribution in [3.05, 3.63) is 65.2 Å². The summed E-state index contributed by atoms with van der Waals surface area (Å²) in [6, 6.07) is 13.8. The van der Waals surface area contributed by atoms with Crippen LogP contribution in [-0.2, 0) is 16.0 Å². The molecule has 2 rings (SSSR count). The summed E-state index contributed by atoms with van der Waals surface area (Å²) in [5, 5.41) is 2.47. The molecule has 0 heterocycles. The maximum absolute atomic E-state index is 12.3. The van der Waals surface area contributed by atoms with Crippen LogP contribution in [0.1, 0.15) is 40.1 Å². The highest BCUT2D eigenvalue weighted by atomic mass is 16.5. The van der Waals surface area contributed by atoms with E-state index in [1.165, 1.54) is 14.0 Å². The number of ketones is 1. The molecule has 0 unspecified atom stereocenters. The van der Waals surface area contributed by atoms with Crippen molar-refractivity contribution in [3.8, 4) is 5.75 Å². The first kappa shape index (κ1) is 20.2. The van der Waals surface area contributed by atoms with Gasteiger partial charge in [0.15, 0.2) is 6.10 Å². The molecule has 0 aliphatic heterocycles. The van der Waals surface area contributed by atoms with Crippen molar-refractivity contribution in [1.29, 1.82) is 0 Å². The lowest BCUT2D eigenvalue weighted by atomic mass is 10.0. The number of benzene rings is 2. The minimum Gasteiger partial charge on any atom is -0.496 e. The number of Topliss-reactive ketones (excluding diaryl/α,β-unsaturated/α-hetero) is 1. The quantitative estimate of drug-likeness (QED) is 0.572. The number of methoxy groups -OCH3 is 1. The molecule has 0 saturated heterocycles. The Kier molecular flexibility index (Phi) is 7.11. The van der Waals surface area contributed by atoms with Crippen molar-refractivity contribution >= 4 is 17.7 Å². The highest BCUT2D eigenvalue weighted by molar-refractivity contribution is 6.01. The van der Waals surface area contributed by atoms with Crippen LogP contribution in [0.5, 0.6) is 5.75 Å². The molecule has 0 aromatic heterocycles. The third kappa shape index (κ3) is 5.41. The highest BCUT2D eigenvalue weighted by Gasteiger charge is 2.20. The Morgan fingerprint density at radius 3 is 2.33 bits per heavy atom. The van der Waals surface area contributed by atoms with Crippen LogP contribution in [0.15, 0.2) is 48.5 Å². The second-order valence-electron chi connectivity index (χ2n) is 5.93. The van der Waals surface area contributed by atoms with E-state index in [9.17, 15) is 14.4 Å². The Labute approximate surface area is 158 Å². The number of carbonyl (C=O) groups excluding carboxylic acids is 3. The summed E-state index contributed by atoms with van der Waals surface area (Å²) in [6.45, 7) is 3.19. The summed E-state index contributed by atoms with van der Waals surface area (Å²) < 4.78 is 10.2. The number of amides is 1. The number of carbonyl (C=O) groups is 3. The van der Waals surface area contributed by atoms with Gasteiger partial charge in [0, 0.05) is 5.56 Å². The maximum atomic E-state index is 12.3. The molecule has 0 spiro atoms. The molecule has 1 N–H and O–H groups in total. The molecule has 27 heavy (non-hydrogen) atoms. The van der Waals surface area contributed by atoms with Crippen molar-refractivity contribution < 1.29 is 23.9 Å². The topological polar surface area (TPSA) is 81.7 Å². The number of hydrogen-bond donors (Lipinski definition) is 1. The average Bonchev–Trinajstić information content (AvgIpc) is 2.71. The van der Waals surface area contributed by atoms with Gasteiger partial charge in [-0.1, -0.05) is 43.3 Å². The standard InChI is InChI=1S/C21H23NO5/c1-4-15-9-11-16(12-10-15)20(24)14(2)27-19(23)13-22-21(25)17-7-5-6-8-18(17)26-3/h5-12,14H,4,13H2,1-3H3,(H,22,25)/t14-/m1/s1. The Balaban J connectivity index is 1.88. The van der Waals surface area contributed by atoms with E-state index < -0.39 is 18.0 Å². The monoisotopic (exact) mass is 369 g/mol. The van der Waals surface area contributed by atoms with Crippen LogP contribution < -0.4 is 10.1 Å². The van der Waals surface area contributed by atoms with Gasteiger partial charge in [-0.15, -0.1) is 0 Å². The van der Waals surface area contributed by atoms with Gasteiger partial charge in [0.05, 0.1) is 12.7 Å². The predicted octanol–water partition coefficient (Wildman–Crippen LogP) is 2.80. The number of ether oxygens (including phenoxy) is 2. The molecule has 0 fully saturated rings. The number of rotatable bonds is 8. The number of hydrogen-bond acceptors (Lipinski definition) is 5.